The Morgan fingerprint density at radius 2 is 1.43 bits per heavy atom. The van der Waals surface area contributed by atoms with Crippen molar-refractivity contribution in [3.63, 3.8) is 0 Å². The molecular weight excluding hydrogens is 390 g/mol. The van der Waals surface area contributed by atoms with E-state index in [4.69, 9.17) is 4.98 Å². The highest BCUT2D eigenvalue weighted by Crippen LogP contribution is 2.32. The smallest absolute Gasteiger partial charge is 0.237 e. The largest absolute Gasteiger partial charge is 0.332 e. The standard InChI is InChI=1S/C25H23N3OS/c1-2-28(21-16-10-5-11-17-21)22(29)18-30-25-26-23(19-12-6-3-7-13-19)24(27-25)20-14-8-4-9-15-20/h3-17H,2,18H2,1H3,(H,26,27). The van der Waals surface area contributed by atoms with Crippen molar-refractivity contribution < 1.29 is 4.79 Å². The zero-order valence-corrected chi connectivity index (χ0v) is 17.6. The number of aromatic nitrogens is 2. The third-order valence-corrected chi connectivity index (χ3v) is 5.67. The Kier molecular flexibility index (Phi) is 6.30. The molecule has 1 N–H and O–H groups in total. The van der Waals surface area contributed by atoms with Gasteiger partial charge in [-0.1, -0.05) is 90.6 Å². The number of para-hydroxylation sites is 1. The molecule has 0 bridgehead atoms. The zero-order chi connectivity index (χ0) is 20.8. The SMILES string of the molecule is CCN(C(=O)CSc1nc(-c2ccccc2)c(-c2ccccc2)[nH]1)c1ccccc1. The molecule has 0 atom stereocenters. The number of carbonyl (C=O) groups excluding carboxylic acids is 1. The lowest BCUT2D eigenvalue weighted by Crippen LogP contribution is -2.32. The molecule has 30 heavy (non-hydrogen) atoms. The van der Waals surface area contributed by atoms with Crippen molar-refractivity contribution in [1.29, 1.82) is 0 Å². The Morgan fingerprint density at radius 1 is 0.867 bits per heavy atom. The number of amides is 1. The summed E-state index contributed by atoms with van der Waals surface area (Å²) in [6, 6.07) is 30.0. The highest BCUT2D eigenvalue weighted by molar-refractivity contribution is 7.99. The number of rotatable bonds is 7. The molecule has 0 saturated carbocycles. The molecule has 4 aromatic rings. The summed E-state index contributed by atoms with van der Waals surface area (Å²) < 4.78 is 0. The molecule has 0 spiro atoms. The van der Waals surface area contributed by atoms with Crippen LogP contribution in [0.3, 0.4) is 0 Å². The number of nitrogens with zero attached hydrogens (tertiary/aromatic N) is 2. The van der Waals surface area contributed by atoms with Gasteiger partial charge in [-0.05, 0) is 19.1 Å². The lowest BCUT2D eigenvalue weighted by atomic mass is 10.1. The molecule has 4 rings (SSSR count). The van der Waals surface area contributed by atoms with Crippen LogP contribution in [0.5, 0.6) is 0 Å². The van der Waals surface area contributed by atoms with Crippen molar-refractivity contribution in [3.8, 4) is 22.5 Å². The first-order chi connectivity index (χ1) is 14.8. The monoisotopic (exact) mass is 413 g/mol. The van der Waals surface area contributed by atoms with Gasteiger partial charge >= 0.3 is 0 Å². The van der Waals surface area contributed by atoms with Gasteiger partial charge in [-0.2, -0.15) is 0 Å². The van der Waals surface area contributed by atoms with Gasteiger partial charge in [0, 0.05) is 23.4 Å². The van der Waals surface area contributed by atoms with Crippen LogP contribution >= 0.6 is 11.8 Å². The summed E-state index contributed by atoms with van der Waals surface area (Å²) in [5.41, 5.74) is 4.89. The number of benzene rings is 3. The average Bonchev–Trinajstić information content (AvgIpc) is 3.24. The fraction of sp³-hybridized carbons (Fsp3) is 0.120. The molecule has 150 valence electrons. The first-order valence-electron chi connectivity index (χ1n) is 9.95. The second kappa shape index (κ2) is 9.46. The Bertz CT molecular complexity index is 1040. The van der Waals surface area contributed by atoms with E-state index in [9.17, 15) is 4.79 Å². The van der Waals surface area contributed by atoms with Crippen LogP contribution in [0.2, 0.25) is 0 Å². The first-order valence-corrected chi connectivity index (χ1v) is 10.9. The second-order valence-corrected chi connectivity index (χ2v) is 7.72. The van der Waals surface area contributed by atoms with Crippen LogP contribution in [-0.2, 0) is 4.79 Å². The van der Waals surface area contributed by atoms with Gasteiger partial charge in [-0.25, -0.2) is 4.98 Å². The van der Waals surface area contributed by atoms with E-state index in [1.54, 1.807) is 4.90 Å². The summed E-state index contributed by atoms with van der Waals surface area (Å²) in [5, 5.41) is 0.741. The Balaban J connectivity index is 1.58. The molecule has 0 aliphatic rings. The minimum absolute atomic E-state index is 0.0626. The van der Waals surface area contributed by atoms with Gasteiger partial charge in [0.1, 0.15) is 0 Å². The summed E-state index contributed by atoms with van der Waals surface area (Å²) in [6.07, 6.45) is 0. The van der Waals surface area contributed by atoms with Crippen molar-refractivity contribution >= 4 is 23.4 Å². The van der Waals surface area contributed by atoms with Crippen molar-refractivity contribution in [2.75, 3.05) is 17.2 Å². The third kappa shape index (κ3) is 4.47. The topological polar surface area (TPSA) is 49.0 Å². The van der Waals surface area contributed by atoms with E-state index < -0.39 is 0 Å². The highest BCUT2D eigenvalue weighted by atomic mass is 32.2. The lowest BCUT2D eigenvalue weighted by molar-refractivity contribution is -0.116. The summed E-state index contributed by atoms with van der Waals surface area (Å²) >= 11 is 1.43. The maximum absolute atomic E-state index is 12.8. The van der Waals surface area contributed by atoms with Crippen LogP contribution in [-0.4, -0.2) is 28.2 Å². The molecule has 0 aliphatic carbocycles. The van der Waals surface area contributed by atoms with E-state index in [0.29, 0.717) is 12.3 Å². The molecule has 0 saturated heterocycles. The van der Waals surface area contributed by atoms with Crippen molar-refractivity contribution in [2.45, 2.75) is 12.1 Å². The lowest BCUT2D eigenvalue weighted by Gasteiger charge is -2.20. The van der Waals surface area contributed by atoms with Gasteiger partial charge in [0.15, 0.2) is 5.16 Å². The van der Waals surface area contributed by atoms with Crippen molar-refractivity contribution in [3.05, 3.63) is 91.0 Å². The summed E-state index contributed by atoms with van der Waals surface area (Å²) in [7, 11) is 0. The maximum atomic E-state index is 12.8. The number of hydrogen-bond donors (Lipinski definition) is 1. The van der Waals surface area contributed by atoms with Crippen LogP contribution in [0.1, 0.15) is 6.92 Å². The van der Waals surface area contributed by atoms with Gasteiger partial charge in [-0.15, -0.1) is 0 Å². The molecule has 3 aromatic carbocycles. The minimum atomic E-state index is 0.0626. The molecule has 1 aromatic heterocycles. The summed E-state index contributed by atoms with van der Waals surface area (Å²) in [6.45, 7) is 2.62. The Morgan fingerprint density at radius 3 is 2.03 bits per heavy atom. The predicted octanol–water partition coefficient (Wildman–Crippen LogP) is 5.89. The van der Waals surface area contributed by atoms with E-state index in [-0.39, 0.29) is 5.91 Å². The van der Waals surface area contributed by atoms with Crippen LogP contribution < -0.4 is 4.90 Å². The fourth-order valence-electron chi connectivity index (χ4n) is 3.36. The van der Waals surface area contributed by atoms with Gasteiger partial charge < -0.3 is 9.88 Å². The van der Waals surface area contributed by atoms with Crippen LogP contribution in [0, 0.1) is 0 Å². The van der Waals surface area contributed by atoms with Gasteiger partial charge in [-0.3, -0.25) is 4.79 Å². The van der Waals surface area contributed by atoms with Crippen LogP contribution in [0.15, 0.2) is 96.2 Å². The molecule has 1 heterocycles. The number of nitrogens with one attached hydrogen (secondary N) is 1. The molecule has 0 aliphatic heterocycles. The van der Waals surface area contributed by atoms with E-state index in [0.717, 1.165) is 33.4 Å². The van der Waals surface area contributed by atoms with Crippen LogP contribution in [0.4, 0.5) is 5.69 Å². The highest BCUT2D eigenvalue weighted by Gasteiger charge is 2.18. The quantitative estimate of drug-likeness (QED) is 0.384. The molecule has 1 amide bonds. The fourth-order valence-corrected chi connectivity index (χ4v) is 4.10. The first kappa shape index (κ1) is 20.0. The average molecular weight is 414 g/mol. The number of H-pyrrole nitrogens is 1. The zero-order valence-electron chi connectivity index (χ0n) is 16.8. The molecular formula is C25H23N3OS. The summed E-state index contributed by atoms with van der Waals surface area (Å²) in [4.78, 5) is 22.9. The van der Waals surface area contributed by atoms with Crippen LogP contribution in [0.25, 0.3) is 22.5 Å². The van der Waals surface area contributed by atoms with Gasteiger partial charge in [0.05, 0.1) is 17.1 Å². The minimum Gasteiger partial charge on any atom is -0.332 e. The van der Waals surface area contributed by atoms with Gasteiger partial charge in [0.25, 0.3) is 0 Å². The molecule has 4 nitrogen and oxygen atoms in total. The summed E-state index contributed by atoms with van der Waals surface area (Å²) in [5.74, 6) is 0.381. The van der Waals surface area contributed by atoms with E-state index in [1.807, 2.05) is 73.7 Å². The van der Waals surface area contributed by atoms with Crippen molar-refractivity contribution in [2.24, 2.45) is 0 Å². The number of aromatic amines is 1. The predicted molar refractivity (Wildman–Crippen MR) is 125 cm³/mol. The third-order valence-electron chi connectivity index (χ3n) is 4.81. The molecule has 0 fully saturated rings. The van der Waals surface area contributed by atoms with E-state index >= 15 is 0 Å². The van der Waals surface area contributed by atoms with E-state index in [1.165, 1.54) is 11.8 Å². The number of anilines is 1. The van der Waals surface area contributed by atoms with Crippen molar-refractivity contribution in [1.82, 2.24) is 9.97 Å². The number of thioether (sulfide) groups is 1. The number of imidazole rings is 1. The van der Waals surface area contributed by atoms with E-state index in [2.05, 4.69) is 29.2 Å². The Hall–Kier alpha value is -3.31. The number of carbonyl (C=O) groups is 1. The normalized spacial score (nSPS) is 10.7. The molecule has 5 heteroatoms. The van der Waals surface area contributed by atoms with Gasteiger partial charge in [0.2, 0.25) is 5.91 Å². The Labute approximate surface area is 181 Å². The second-order valence-electron chi connectivity index (χ2n) is 6.76. The number of hydrogen-bond acceptors (Lipinski definition) is 3. The molecule has 0 unspecified atom stereocenters. The molecule has 0 radical (unpaired) electrons. The maximum Gasteiger partial charge on any atom is 0.237 e.